The van der Waals surface area contributed by atoms with Crippen molar-refractivity contribution in [1.29, 1.82) is 0 Å². The molecule has 1 aromatic heterocycles. The topological polar surface area (TPSA) is 56.4 Å². The quantitative estimate of drug-likeness (QED) is 0.938. The van der Waals surface area contributed by atoms with Gasteiger partial charge in [-0.05, 0) is 56.3 Å². The number of pyridine rings is 1. The minimum atomic E-state index is 0. The van der Waals surface area contributed by atoms with Crippen LogP contribution in [0.3, 0.4) is 0 Å². The van der Waals surface area contributed by atoms with Crippen molar-refractivity contribution < 1.29 is 5.48 Å². The zero-order valence-corrected chi connectivity index (χ0v) is 13.5. The van der Waals surface area contributed by atoms with Crippen molar-refractivity contribution in [2.45, 2.75) is 25.7 Å². The molecule has 0 amide bonds. The monoisotopic (exact) mass is 328 g/mol. The zero-order chi connectivity index (χ0) is 13.1. The standard InChI is InChI=1S/C16H19ClN2.ClH.H2O/c17-15-11-19-16-6-2-1-5-14(16)13(15)8-7-12-4-3-9-18-10-12;;/h1-2,5-6,11-12,18H,3-4,7-10H2;1H;1H2. The SMILES string of the molecule is Cl.Clc1cnc2ccccc2c1CCC1CCCNC1.O. The zero-order valence-electron chi connectivity index (χ0n) is 11.9. The first-order valence-electron chi connectivity index (χ1n) is 7.07. The minimum Gasteiger partial charge on any atom is -0.412 e. The summed E-state index contributed by atoms with van der Waals surface area (Å²) in [7, 11) is 0. The van der Waals surface area contributed by atoms with Crippen molar-refractivity contribution in [1.82, 2.24) is 10.3 Å². The van der Waals surface area contributed by atoms with Crippen LogP contribution in [0.1, 0.15) is 24.8 Å². The Bertz CT molecular complexity index is 571. The molecule has 1 saturated heterocycles. The molecule has 1 aromatic carbocycles. The average Bonchev–Trinajstić information content (AvgIpc) is 2.47. The van der Waals surface area contributed by atoms with Crippen LogP contribution in [0.4, 0.5) is 0 Å². The fourth-order valence-electron chi connectivity index (χ4n) is 2.95. The Morgan fingerprint density at radius 3 is 2.86 bits per heavy atom. The fraction of sp³-hybridized carbons (Fsp3) is 0.438. The summed E-state index contributed by atoms with van der Waals surface area (Å²) in [5.74, 6) is 0.789. The summed E-state index contributed by atoms with van der Waals surface area (Å²) >= 11 is 6.34. The van der Waals surface area contributed by atoms with Gasteiger partial charge in [-0.2, -0.15) is 0 Å². The van der Waals surface area contributed by atoms with Gasteiger partial charge in [-0.3, -0.25) is 4.98 Å². The highest BCUT2D eigenvalue weighted by molar-refractivity contribution is 6.32. The molecule has 0 spiro atoms. The van der Waals surface area contributed by atoms with Gasteiger partial charge in [0.05, 0.1) is 10.5 Å². The van der Waals surface area contributed by atoms with Gasteiger partial charge in [-0.15, -0.1) is 12.4 Å². The molecule has 3 rings (SSSR count). The van der Waals surface area contributed by atoms with Crippen LogP contribution in [-0.4, -0.2) is 23.5 Å². The Balaban J connectivity index is 0.00000110. The second-order valence-electron chi connectivity index (χ2n) is 5.35. The van der Waals surface area contributed by atoms with Crippen LogP contribution in [0.2, 0.25) is 5.02 Å². The molecule has 3 nitrogen and oxygen atoms in total. The number of halogens is 2. The Morgan fingerprint density at radius 2 is 2.10 bits per heavy atom. The Hall–Kier alpha value is -0.870. The Labute approximate surface area is 136 Å². The number of nitrogens with zero attached hydrogens (tertiary/aromatic N) is 1. The first kappa shape index (κ1) is 18.2. The second-order valence-corrected chi connectivity index (χ2v) is 5.76. The van der Waals surface area contributed by atoms with Crippen molar-refractivity contribution >= 4 is 34.9 Å². The van der Waals surface area contributed by atoms with E-state index >= 15 is 0 Å². The number of benzene rings is 1. The van der Waals surface area contributed by atoms with Crippen LogP contribution < -0.4 is 5.32 Å². The largest absolute Gasteiger partial charge is 0.412 e. The van der Waals surface area contributed by atoms with E-state index in [1.165, 1.54) is 36.8 Å². The molecule has 21 heavy (non-hydrogen) atoms. The number of hydrogen-bond donors (Lipinski definition) is 1. The van der Waals surface area contributed by atoms with Gasteiger partial charge in [0.25, 0.3) is 0 Å². The van der Waals surface area contributed by atoms with Crippen LogP contribution in [0, 0.1) is 5.92 Å². The molecule has 0 bridgehead atoms. The maximum Gasteiger partial charge on any atom is 0.0705 e. The van der Waals surface area contributed by atoms with Gasteiger partial charge in [0.2, 0.25) is 0 Å². The Kier molecular flexibility index (Phi) is 7.40. The predicted molar refractivity (Wildman–Crippen MR) is 91.5 cm³/mol. The van der Waals surface area contributed by atoms with E-state index in [0.717, 1.165) is 29.4 Å². The van der Waals surface area contributed by atoms with E-state index in [9.17, 15) is 0 Å². The highest BCUT2D eigenvalue weighted by Crippen LogP contribution is 2.27. The molecular formula is C16H22Cl2N2O. The van der Waals surface area contributed by atoms with E-state index in [-0.39, 0.29) is 17.9 Å². The summed E-state index contributed by atoms with van der Waals surface area (Å²) in [6, 6.07) is 8.27. The first-order chi connectivity index (χ1) is 9.34. The fourth-order valence-corrected chi connectivity index (χ4v) is 3.19. The lowest BCUT2D eigenvalue weighted by atomic mass is 9.92. The van der Waals surface area contributed by atoms with Crippen molar-refractivity contribution in [2.75, 3.05) is 13.1 Å². The lowest BCUT2D eigenvalue weighted by Gasteiger charge is -2.23. The number of aryl methyl sites for hydroxylation is 1. The molecule has 1 atom stereocenters. The molecule has 2 aromatic rings. The molecule has 1 aliphatic rings. The summed E-state index contributed by atoms with van der Waals surface area (Å²) in [6.07, 6.45) is 6.69. The summed E-state index contributed by atoms with van der Waals surface area (Å²) in [5, 5.41) is 5.49. The van der Waals surface area contributed by atoms with Crippen molar-refractivity contribution in [3.05, 3.63) is 41.0 Å². The average molecular weight is 329 g/mol. The Morgan fingerprint density at radius 1 is 1.29 bits per heavy atom. The number of aromatic nitrogens is 1. The van der Waals surface area contributed by atoms with E-state index in [4.69, 9.17) is 11.6 Å². The molecular weight excluding hydrogens is 307 g/mol. The minimum absolute atomic E-state index is 0. The third-order valence-electron chi connectivity index (χ3n) is 4.04. The molecule has 116 valence electrons. The molecule has 0 radical (unpaired) electrons. The molecule has 1 unspecified atom stereocenters. The smallest absolute Gasteiger partial charge is 0.0705 e. The molecule has 1 aliphatic heterocycles. The number of rotatable bonds is 3. The number of hydrogen-bond acceptors (Lipinski definition) is 2. The van der Waals surface area contributed by atoms with Crippen LogP contribution in [0.15, 0.2) is 30.5 Å². The third kappa shape index (κ3) is 4.30. The second kappa shape index (κ2) is 8.54. The van der Waals surface area contributed by atoms with Crippen molar-refractivity contribution in [2.24, 2.45) is 5.92 Å². The molecule has 2 heterocycles. The van der Waals surface area contributed by atoms with E-state index in [1.807, 2.05) is 6.07 Å². The summed E-state index contributed by atoms with van der Waals surface area (Å²) < 4.78 is 0. The number of nitrogens with one attached hydrogen (secondary N) is 1. The lowest BCUT2D eigenvalue weighted by Crippen LogP contribution is -2.29. The van der Waals surface area contributed by atoms with Crippen molar-refractivity contribution in [3.8, 4) is 0 Å². The summed E-state index contributed by atoms with van der Waals surface area (Å²) in [6.45, 7) is 2.33. The number of fused-ring (bicyclic) bond motifs is 1. The number of piperidine rings is 1. The van der Waals surface area contributed by atoms with Crippen LogP contribution in [0.25, 0.3) is 10.9 Å². The predicted octanol–water partition coefficient (Wildman–Crippen LogP) is 3.42. The van der Waals surface area contributed by atoms with Gasteiger partial charge < -0.3 is 10.8 Å². The van der Waals surface area contributed by atoms with E-state index < -0.39 is 0 Å². The van der Waals surface area contributed by atoms with Gasteiger partial charge in [-0.25, -0.2) is 0 Å². The highest BCUT2D eigenvalue weighted by atomic mass is 35.5. The van der Waals surface area contributed by atoms with Gasteiger partial charge in [0.15, 0.2) is 0 Å². The normalized spacial score (nSPS) is 17.9. The van der Waals surface area contributed by atoms with Gasteiger partial charge in [-0.1, -0.05) is 29.8 Å². The summed E-state index contributed by atoms with van der Waals surface area (Å²) in [4.78, 5) is 4.39. The van der Waals surface area contributed by atoms with Crippen LogP contribution in [0.5, 0.6) is 0 Å². The van der Waals surface area contributed by atoms with Crippen LogP contribution >= 0.6 is 24.0 Å². The molecule has 5 heteroatoms. The van der Waals surface area contributed by atoms with E-state index in [1.54, 1.807) is 6.20 Å². The maximum atomic E-state index is 6.34. The third-order valence-corrected chi connectivity index (χ3v) is 4.36. The molecule has 1 fully saturated rings. The maximum absolute atomic E-state index is 6.34. The van der Waals surface area contributed by atoms with Crippen molar-refractivity contribution in [3.63, 3.8) is 0 Å². The van der Waals surface area contributed by atoms with Crippen LogP contribution in [-0.2, 0) is 6.42 Å². The van der Waals surface area contributed by atoms with Gasteiger partial charge >= 0.3 is 0 Å². The lowest BCUT2D eigenvalue weighted by molar-refractivity contribution is 0.358. The van der Waals surface area contributed by atoms with Gasteiger partial charge in [0, 0.05) is 11.6 Å². The van der Waals surface area contributed by atoms with E-state index in [0.29, 0.717) is 0 Å². The summed E-state index contributed by atoms with van der Waals surface area (Å²) in [5.41, 5.74) is 2.31. The van der Waals surface area contributed by atoms with Gasteiger partial charge in [0.1, 0.15) is 0 Å². The van der Waals surface area contributed by atoms with E-state index in [2.05, 4.69) is 28.5 Å². The molecule has 3 N–H and O–H groups in total. The highest BCUT2D eigenvalue weighted by Gasteiger charge is 2.14. The molecule has 0 saturated carbocycles. The number of para-hydroxylation sites is 1. The first-order valence-corrected chi connectivity index (χ1v) is 7.45. The molecule has 0 aliphatic carbocycles.